The van der Waals surface area contributed by atoms with Gasteiger partial charge in [-0.15, -0.1) is 0 Å². The van der Waals surface area contributed by atoms with Crippen LogP contribution in [0, 0.1) is 10.1 Å². The van der Waals surface area contributed by atoms with Crippen molar-refractivity contribution in [1.82, 2.24) is 14.8 Å². The van der Waals surface area contributed by atoms with E-state index in [4.69, 9.17) is 0 Å². The van der Waals surface area contributed by atoms with Crippen LogP contribution in [-0.2, 0) is 13.5 Å². The van der Waals surface area contributed by atoms with Crippen LogP contribution in [0.1, 0.15) is 5.69 Å². The van der Waals surface area contributed by atoms with Crippen molar-refractivity contribution < 1.29 is 4.92 Å². The fraction of sp³-hybridized carbons (Fsp3) is 0.273. The zero-order valence-electron chi connectivity index (χ0n) is 10.2. The van der Waals surface area contributed by atoms with Gasteiger partial charge in [0.1, 0.15) is 11.9 Å². The maximum absolute atomic E-state index is 10.9. The number of hydrogen-bond acceptors (Lipinski definition) is 5. The third kappa shape index (κ3) is 3.08. The number of aryl methyl sites for hydroxylation is 1. The van der Waals surface area contributed by atoms with Gasteiger partial charge in [0, 0.05) is 38.1 Å². The number of pyridine rings is 1. The second kappa shape index (κ2) is 5.79. The van der Waals surface area contributed by atoms with E-state index in [0.717, 1.165) is 12.1 Å². The van der Waals surface area contributed by atoms with E-state index in [0.29, 0.717) is 16.7 Å². The molecule has 2 aromatic heterocycles. The SMILES string of the molecule is Cn1nccc1CCNc1c(Br)cncc1[N+](=O)[O-]. The molecule has 0 spiro atoms. The fourth-order valence-corrected chi connectivity index (χ4v) is 2.16. The number of halogens is 1. The summed E-state index contributed by atoms with van der Waals surface area (Å²) < 4.78 is 2.35. The second-order valence-electron chi connectivity index (χ2n) is 3.90. The summed E-state index contributed by atoms with van der Waals surface area (Å²) in [6.45, 7) is 0.572. The van der Waals surface area contributed by atoms with Crippen LogP contribution in [0.4, 0.5) is 11.4 Å². The summed E-state index contributed by atoms with van der Waals surface area (Å²) in [6, 6.07) is 1.91. The summed E-state index contributed by atoms with van der Waals surface area (Å²) in [4.78, 5) is 14.3. The Bertz CT molecular complexity index is 599. The molecule has 0 amide bonds. The van der Waals surface area contributed by atoms with E-state index in [1.165, 1.54) is 12.4 Å². The first-order valence-corrected chi connectivity index (χ1v) is 6.37. The highest BCUT2D eigenvalue weighted by Gasteiger charge is 2.16. The van der Waals surface area contributed by atoms with Crippen molar-refractivity contribution in [2.24, 2.45) is 7.05 Å². The molecule has 0 aliphatic rings. The summed E-state index contributed by atoms with van der Waals surface area (Å²) in [7, 11) is 1.86. The highest BCUT2D eigenvalue weighted by Crippen LogP contribution is 2.30. The average Bonchev–Trinajstić information content (AvgIpc) is 2.77. The lowest BCUT2D eigenvalue weighted by Crippen LogP contribution is -2.10. The highest BCUT2D eigenvalue weighted by atomic mass is 79.9. The third-order valence-electron chi connectivity index (χ3n) is 2.68. The van der Waals surface area contributed by atoms with Gasteiger partial charge in [0.25, 0.3) is 0 Å². The topological polar surface area (TPSA) is 85.9 Å². The van der Waals surface area contributed by atoms with Crippen LogP contribution in [0.3, 0.4) is 0 Å². The minimum atomic E-state index is -0.454. The molecule has 100 valence electrons. The van der Waals surface area contributed by atoms with Gasteiger partial charge in [-0.1, -0.05) is 0 Å². The molecule has 0 saturated carbocycles. The Hall–Kier alpha value is -1.96. The van der Waals surface area contributed by atoms with Crippen LogP contribution in [0.15, 0.2) is 29.1 Å². The monoisotopic (exact) mass is 325 g/mol. The predicted octanol–water partition coefficient (Wildman–Crippen LogP) is 2.14. The summed E-state index contributed by atoms with van der Waals surface area (Å²) >= 11 is 3.26. The van der Waals surface area contributed by atoms with Gasteiger partial charge < -0.3 is 5.32 Å². The van der Waals surface area contributed by atoms with Crippen LogP contribution >= 0.6 is 15.9 Å². The zero-order chi connectivity index (χ0) is 13.8. The van der Waals surface area contributed by atoms with Crippen molar-refractivity contribution in [3.05, 3.63) is 44.9 Å². The lowest BCUT2D eigenvalue weighted by Gasteiger charge is -2.08. The van der Waals surface area contributed by atoms with E-state index >= 15 is 0 Å². The summed E-state index contributed by atoms with van der Waals surface area (Å²) in [5, 5.41) is 18.0. The minimum Gasteiger partial charge on any atom is -0.378 e. The Morgan fingerprint density at radius 1 is 1.53 bits per heavy atom. The number of aromatic nitrogens is 3. The molecule has 0 radical (unpaired) electrons. The zero-order valence-corrected chi connectivity index (χ0v) is 11.8. The van der Waals surface area contributed by atoms with Crippen molar-refractivity contribution >= 4 is 27.3 Å². The van der Waals surface area contributed by atoms with E-state index in [1.807, 2.05) is 13.1 Å². The summed E-state index contributed by atoms with van der Waals surface area (Å²) in [6.07, 6.45) is 5.21. The minimum absolute atomic E-state index is 0.0422. The lowest BCUT2D eigenvalue weighted by atomic mass is 10.3. The van der Waals surface area contributed by atoms with E-state index in [1.54, 1.807) is 10.9 Å². The molecule has 0 fully saturated rings. The third-order valence-corrected chi connectivity index (χ3v) is 3.28. The molecule has 2 heterocycles. The van der Waals surface area contributed by atoms with Crippen molar-refractivity contribution in [2.75, 3.05) is 11.9 Å². The number of nitrogens with one attached hydrogen (secondary N) is 1. The molecule has 0 bridgehead atoms. The van der Waals surface area contributed by atoms with Gasteiger partial charge >= 0.3 is 5.69 Å². The molecule has 19 heavy (non-hydrogen) atoms. The van der Waals surface area contributed by atoms with Gasteiger partial charge in [-0.25, -0.2) is 0 Å². The van der Waals surface area contributed by atoms with Gasteiger partial charge in [0.2, 0.25) is 0 Å². The van der Waals surface area contributed by atoms with Crippen LogP contribution < -0.4 is 5.32 Å². The second-order valence-corrected chi connectivity index (χ2v) is 4.75. The van der Waals surface area contributed by atoms with Gasteiger partial charge in [-0.05, 0) is 22.0 Å². The Morgan fingerprint density at radius 3 is 2.95 bits per heavy atom. The van der Waals surface area contributed by atoms with Gasteiger partial charge in [-0.3, -0.25) is 19.8 Å². The predicted molar refractivity (Wildman–Crippen MR) is 74.0 cm³/mol. The van der Waals surface area contributed by atoms with Crippen molar-refractivity contribution in [3.63, 3.8) is 0 Å². The Kier molecular flexibility index (Phi) is 4.10. The molecule has 0 unspecified atom stereocenters. The molecule has 0 saturated heterocycles. The normalized spacial score (nSPS) is 10.4. The summed E-state index contributed by atoms with van der Waals surface area (Å²) in [5.74, 6) is 0. The molecular formula is C11H12BrN5O2. The van der Waals surface area contributed by atoms with Crippen molar-refractivity contribution in [2.45, 2.75) is 6.42 Å². The van der Waals surface area contributed by atoms with E-state index in [2.05, 4.69) is 31.3 Å². The number of nitrogens with zero attached hydrogens (tertiary/aromatic N) is 4. The van der Waals surface area contributed by atoms with Crippen LogP contribution in [0.25, 0.3) is 0 Å². The molecule has 1 N–H and O–H groups in total. The molecular weight excluding hydrogens is 314 g/mol. The molecule has 0 aliphatic carbocycles. The smallest absolute Gasteiger partial charge is 0.311 e. The standard InChI is InChI=1S/C11H12BrN5O2/c1-16-8(3-5-15-16)2-4-14-11-9(12)6-13-7-10(11)17(18)19/h3,5-7H,2,4H2,1H3,(H,13,14). The van der Waals surface area contributed by atoms with Gasteiger partial charge in [-0.2, -0.15) is 5.10 Å². The quantitative estimate of drug-likeness (QED) is 0.672. The van der Waals surface area contributed by atoms with Crippen LogP contribution in [-0.4, -0.2) is 26.2 Å². The molecule has 0 aromatic carbocycles. The maximum atomic E-state index is 10.9. The van der Waals surface area contributed by atoms with E-state index < -0.39 is 4.92 Å². The van der Waals surface area contributed by atoms with Gasteiger partial charge in [0.15, 0.2) is 0 Å². The molecule has 2 aromatic rings. The number of rotatable bonds is 5. The molecule has 2 rings (SSSR count). The summed E-state index contributed by atoms with van der Waals surface area (Å²) in [5.41, 5.74) is 1.46. The number of hydrogen-bond donors (Lipinski definition) is 1. The van der Waals surface area contributed by atoms with Gasteiger partial charge in [0.05, 0.1) is 9.40 Å². The fourth-order valence-electron chi connectivity index (χ4n) is 1.70. The van der Waals surface area contributed by atoms with Crippen molar-refractivity contribution in [3.8, 4) is 0 Å². The largest absolute Gasteiger partial charge is 0.378 e. The lowest BCUT2D eigenvalue weighted by molar-refractivity contribution is -0.384. The average molecular weight is 326 g/mol. The Balaban J connectivity index is 2.07. The maximum Gasteiger partial charge on any atom is 0.311 e. The Labute approximate surface area is 117 Å². The molecule has 8 heteroatoms. The van der Waals surface area contributed by atoms with Crippen molar-refractivity contribution in [1.29, 1.82) is 0 Å². The molecule has 0 atom stereocenters. The highest BCUT2D eigenvalue weighted by molar-refractivity contribution is 9.10. The number of nitro groups is 1. The van der Waals surface area contributed by atoms with Crippen LogP contribution in [0.5, 0.6) is 0 Å². The first-order valence-electron chi connectivity index (χ1n) is 5.58. The first-order chi connectivity index (χ1) is 9.09. The molecule has 0 aliphatic heterocycles. The number of anilines is 1. The van der Waals surface area contributed by atoms with E-state index in [9.17, 15) is 10.1 Å². The first kappa shape index (κ1) is 13.5. The van der Waals surface area contributed by atoms with Crippen LogP contribution in [0.2, 0.25) is 0 Å². The Morgan fingerprint density at radius 2 is 2.32 bits per heavy atom. The van der Waals surface area contributed by atoms with E-state index in [-0.39, 0.29) is 5.69 Å². The molecule has 7 nitrogen and oxygen atoms in total.